The van der Waals surface area contributed by atoms with Crippen molar-refractivity contribution in [1.29, 1.82) is 0 Å². The number of hydrogen-bond donors (Lipinski definition) is 1. The van der Waals surface area contributed by atoms with Crippen LogP contribution in [-0.4, -0.2) is 55.4 Å². The molecule has 0 saturated carbocycles. The van der Waals surface area contributed by atoms with Crippen LogP contribution in [0.4, 0.5) is 0 Å². The molecule has 3 aromatic rings. The second kappa shape index (κ2) is 9.93. The summed E-state index contributed by atoms with van der Waals surface area (Å²) < 4.78 is 33.5. The zero-order valence-electron chi connectivity index (χ0n) is 18.0. The number of aromatic nitrogens is 2. The lowest BCUT2D eigenvalue weighted by Gasteiger charge is -2.11. The molecule has 0 saturated heterocycles. The number of hydrogen-bond acceptors (Lipinski definition) is 5. The second-order valence-electron chi connectivity index (χ2n) is 7.22. The van der Waals surface area contributed by atoms with E-state index in [1.54, 1.807) is 18.2 Å². The average Bonchev–Trinajstić information content (AvgIpc) is 3.12. The standard InChI is InChI=1S/C22H28N4O4S/c1-4-26-20-11-10-18(31(28,29)25(2)3)16-19(20)24-21(26)12-13-22(27)23-14-15-30-17-8-6-5-7-9-17/h5-11,16H,4,12-15H2,1-3H3,(H,23,27). The molecule has 9 heteroatoms. The van der Waals surface area contributed by atoms with Gasteiger partial charge in [-0.1, -0.05) is 18.2 Å². The van der Waals surface area contributed by atoms with Crippen molar-refractivity contribution in [2.24, 2.45) is 0 Å². The van der Waals surface area contributed by atoms with Gasteiger partial charge >= 0.3 is 0 Å². The first kappa shape index (κ1) is 22.8. The van der Waals surface area contributed by atoms with Gasteiger partial charge < -0.3 is 14.6 Å². The normalized spacial score (nSPS) is 11.7. The smallest absolute Gasteiger partial charge is 0.242 e. The van der Waals surface area contributed by atoms with Crippen molar-refractivity contribution in [3.63, 3.8) is 0 Å². The van der Waals surface area contributed by atoms with Crippen LogP contribution in [0.3, 0.4) is 0 Å². The molecule has 1 aromatic heterocycles. The summed E-state index contributed by atoms with van der Waals surface area (Å²) in [5.74, 6) is 1.44. The van der Waals surface area contributed by atoms with Crippen molar-refractivity contribution in [3.8, 4) is 5.75 Å². The Morgan fingerprint density at radius 1 is 1.16 bits per heavy atom. The molecule has 8 nitrogen and oxygen atoms in total. The highest BCUT2D eigenvalue weighted by atomic mass is 32.2. The molecule has 1 heterocycles. The third-order valence-corrected chi connectivity index (χ3v) is 6.72. The molecule has 1 N–H and O–H groups in total. The minimum Gasteiger partial charge on any atom is -0.492 e. The zero-order chi connectivity index (χ0) is 22.4. The van der Waals surface area contributed by atoms with E-state index in [1.165, 1.54) is 18.4 Å². The number of benzene rings is 2. The van der Waals surface area contributed by atoms with Gasteiger partial charge in [-0.2, -0.15) is 0 Å². The third kappa shape index (κ3) is 5.42. The molecule has 0 aliphatic heterocycles. The molecule has 0 bridgehead atoms. The maximum absolute atomic E-state index is 12.4. The Kier molecular flexibility index (Phi) is 7.29. The van der Waals surface area contributed by atoms with Crippen LogP contribution in [-0.2, 0) is 27.8 Å². The van der Waals surface area contributed by atoms with Crippen LogP contribution in [0.2, 0.25) is 0 Å². The Hall–Kier alpha value is -2.91. The Bertz CT molecular complexity index is 1140. The molecular formula is C22H28N4O4S. The number of imidazole rings is 1. The summed E-state index contributed by atoms with van der Waals surface area (Å²) in [6.07, 6.45) is 0.751. The Labute approximate surface area is 182 Å². The molecule has 3 rings (SSSR count). The van der Waals surface area contributed by atoms with Crippen LogP contribution in [0.15, 0.2) is 53.4 Å². The molecule has 31 heavy (non-hydrogen) atoms. The first-order chi connectivity index (χ1) is 14.8. The summed E-state index contributed by atoms with van der Waals surface area (Å²) in [7, 11) is -0.531. The molecule has 0 fully saturated rings. The average molecular weight is 445 g/mol. The molecule has 0 radical (unpaired) electrons. The number of nitrogens with one attached hydrogen (secondary N) is 1. The van der Waals surface area contributed by atoms with E-state index >= 15 is 0 Å². The van der Waals surface area contributed by atoms with Gasteiger partial charge in [0.2, 0.25) is 15.9 Å². The maximum atomic E-state index is 12.4. The summed E-state index contributed by atoms with van der Waals surface area (Å²) in [6.45, 7) is 3.49. The van der Waals surface area contributed by atoms with E-state index in [-0.39, 0.29) is 17.2 Å². The van der Waals surface area contributed by atoms with E-state index < -0.39 is 10.0 Å². The summed E-state index contributed by atoms with van der Waals surface area (Å²) in [5, 5.41) is 2.85. The van der Waals surface area contributed by atoms with Crippen LogP contribution in [0.25, 0.3) is 11.0 Å². The summed E-state index contributed by atoms with van der Waals surface area (Å²) >= 11 is 0. The number of ether oxygens (including phenoxy) is 1. The first-order valence-corrected chi connectivity index (χ1v) is 11.6. The van der Waals surface area contributed by atoms with Crippen molar-refractivity contribution in [2.45, 2.75) is 31.2 Å². The number of para-hydroxylation sites is 1. The second-order valence-corrected chi connectivity index (χ2v) is 9.37. The number of rotatable bonds is 10. The fourth-order valence-corrected chi connectivity index (χ4v) is 4.19. The number of sulfonamides is 1. The van der Waals surface area contributed by atoms with Gasteiger partial charge in [0.1, 0.15) is 18.2 Å². The van der Waals surface area contributed by atoms with Gasteiger partial charge in [0, 0.05) is 33.5 Å². The van der Waals surface area contributed by atoms with Gasteiger partial charge in [-0.3, -0.25) is 4.79 Å². The number of fused-ring (bicyclic) bond motifs is 1. The lowest BCUT2D eigenvalue weighted by Crippen LogP contribution is -2.28. The van der Waals surface area contributed by atoms with Crippen molar-refractivity contribution in [2.75, 3.05) is 27.2 Å². The minimum absolute atomic E-state index is 0.0813. The van der Waals surface area contributed by atoms with Crippen molar-refractivity contribution in [3.05, 3.63) is 54.4 Å². The van der Waals surface area contributed by atoms with Crippen LogP contribution in [0.5, 0.6) is 5.75 Å². The van der Waals surface area contributed by atoms with Crippen molar-refractivity contribution < 1.29 is 17.9 Å². The van der Waals surface area contributed by atoms with Gasteiger partial charge in [-0.25, -0.2) is 17.7 Å². The molecule has 166 valence electrons. The molecular weight excluding hydrogens is 416 g/mol. The van der Waals surface area contributed by atoms with Crippen LogP contribution in [0, 0.1) is 0 Å². The topological polar surface area (TPSA) is 93.5 Å². The third-order valence-electron chi connectivity index (χ3n) is 4.91. The Morgan fingerprint density at radius 2 is 1.90 bits per heavy atom. The Balaban J connectivity index is 1.61. The molecule has 0 aliphatic rings. The highest BCUT2D eigenvalue weighted by Gasteiger charge is 2.19. The number of amides is 1. The van der Waals surface area contributed by atoms with Gasteiger partial charge in [-0.05, 0) is 37.3 Å². The largest absolute Gasteiger partial charge is 0.492 e. The number of carbonyl (C=O) groups excluding carboxylic acids is 1. The molecule has 1 amide bonds. The van der Waals surface area contributed by atoms with Gasteiger partial charge in [0.05, 0.1) is 22.5 Å². The van der Waals surface area contributed by atoms with E-state index in [0.717, 1.165) is 17.1 Å². The summed E-state index contributed by atoms with van der Waals surface area (Å²) in [6, 6.07) is 14.4. The quantitative estimate of drug-likeness (QED) is 0.485. The summed E-state index contributed by atoms with van der Waals surface area (Å²) in [4.78, 5) is 17.0. The molecule has 0 unspecified atom stereocenters. The number of carbonyl (C=O) groups is 1. The predicted molar refractivity (Wildman–Crippen MR) is 120 cm³/mol. The van der Waals surface area contributed by atoms with Crippen LogP contribution < -0.4 is 10.1 Å². The predicted octanol–water partition coefficient (Wildman–Crippen LogP) is 2.43. The van der Waals surface area contributed by atoms with E-state index in [0.29, 0.717) is 31.6 Å². The van der Waals surface area contributed by atoms with Crippen molar-refractivity contribution >= 4 is 27.0 Å². The number of aryl methyl sites for hydroxylation is 2. The van der Waals surface area contributed by atoms with E-state index in [9.17, 15) is 13.2 Å². The van der Waals surface area contributed by atoms with E-state index in [1.807, 2.05) is 41.8 Å². The van der Waals surface area contributed by atoms with Crippen molar-refractivity contribution in [1.82, 2.24) is 19.2 Å². The van der Waals surface area contributed by atoms with Gasteiger partial charge in [0.15, 0.2) is 0 Å². The van der Waals surface area contributed by atoms with Gasteiger partial charge in [-0.15, -0.1) is 0 Å². The highest BCUT2D eigenvalue weighted by Crippen LogP contribution is 2.22. The minimum atomic E-state index is -3.53. The fourth-order valence-electron chi connectivity index (χ4n) is 3.26. The molecule has 2 aromatic carbocycles. The lowest BCUT2D eigenvalue weighted by atomic mass is 10.2. The Morgan fingerprint density at radius 3 is 2.58 bits per heavy atom. The fraction of sp³-hybridized carbons (Fsp3) is 0.364. The maximum Gasteiger partial charge on any atom is 0.242 e. The monoisotopic (exact) mass is 444 g/mol. The molecule has 0 atom stereocenters. The number of nitrogens with zero attached hydrogens (tertiary/aromatic N) is 3. The van der Waals surface area contributed by atoms with Crippen LogP contribution in [0.1, 0.15) is 19.2 Å². The van der Waals surface area contributed by atoms with E-state index in [4.69, 9.17) is 4.74 Å². The zero-order valence-corrected chi connectivity index (χ0v) is 18.9. The highest BCUT2D eigenvalue weighted by molar-refractivity contribution is 7.89. The first-order valence-electron chi connectivity index (χ1n) is 10.2. The van der Waals surface area contributed by atoms with E-state index in [2.05, 4.69) is 10.3 Å². The van der Waals surface area contributed by atoms with Gasteiger partial charge in [0.25, 0.3) is 0 Å². The lowest BCUT2D eigenvalue weighted by molar-refractivity contribution is -0.121. The van der Waals surface area contributed by atoms with Crippen LogP contribution >= 0.6 is 0 Å². The molecule has 0 spiro atoms. The SMILES string of the molecule is CCn1c(CCC(=O)NCCOc2ccccc2)nc2cc(S(=O)(=O)N(C)C)ccc21. The molecule has 0 aliphatic carbocycles. The summed E-state index contributed by atoms with van der Waals surface area (Å²) in [5.41, 5.74) is 1.46.